The summed E-state index contributed by atoms with van der Waals surface area (Å²) in [6.45, 7) is 3.74. The number of aliphatic hydroxyl groups excluding tert-OH is 5. The van der Waals surface area contributed by atoms with Crippen LogP contribution in [0.1, 0.15) is 155 Å². The maximum absolute atomic E-state index is 12.8. The predicted octanol–water partition coefficient (Wildman–Crippen LogP) is 6.38. The van der Waals surface area contributed by atoms with Crippen molar-refractivity contribution in [2.45, 2.75) is 198 Å². The quantitative estimate of drug-likeness (QED) is 0.0381. The number of aliphatic hydroxyl groups is 5. The standard InChI is InChI=1S/C38H71NO8/c1-3-5-7-9-11-13-14-15-16-17-18-20-22-24-26-28-34(42)39-31(32(41)27-25-23-21-19-12-10-8-6-4-2)30-46-38-37(45)36(44)35(43)33(29-40)47-38/h11,13,15-16,31-33,35-38,40-41,43-45H,3-10,12,14,17-30H2,1-2H3,(H,39,42)/b13-11-,16-15-. The van der Waals surface area contributed by atoms with Gasteiger partial charge in [-0.3, -0.25) is 4.79 Å². The number of ether oxygens (including phenoxy) is 2. The highest BCUT2D eigenvalue weighted by atomic mass is 16.7. The summed E-state index contributed by atoms with van der Waals surface area (Å²) in [6.07, 6.45) is 24.7. The van der Waals surface area contributed by atoms with E-state index in [-0.39, 0.29) is 12.5 Å². The molecule has 0 saturated carbocycles. The summed E-state index contributed by atoms with van der Waals surface area (Å²) in [5.74, 6) is -0.163. The molecule has 0 aromatic carbocycles. The number of carbonyl (C=O) groups excluding carboxylic acids is 1. The lowest BCUT2D eigenvalue weighted by molar-refractivity contribution is -0.302. The molecule has 7 atom stereocenters. The fraction of sp³-hybridized carbons (Fsp3) is 0.868. The van der Waals surface area contributed by atoms with Gasteiger partial charge in [-0.1, -0.05) is 128 Å². The fourth-order valence-electron chi connectivity index (χ4n) is 5.89. The van der Waals surface area contributed by atoms with E-state index >= 15 is 0 Å². The second-order valence-corrected chi connectivity index (χ2v) is 13.4. The van der Waals surface area contributed by atoms with Crippen LogP contribution in [0.4, 0.5) is 0 Å². The number of amides is 1. The lowest BCUT2D eigenvalue weighted by Gasteiger charge is -2.40. The van der Waals surface area contributed by atoms with Crippen LogP contribution in [0.15, 0.2) is 24.3 Å². The van der Waals surface area contributed by atoms with Crippen molar-refractivity contribution < 1.29 is 39.8 Å². The Bertz CT molecular complexity index is 792. The van der Waals surface area contributed by atoms with Crippen molar-refractivity contribution in [1.82, 2.24) is 5.32 Å². The molecule has 0 aliphatic carbocycles. The van der Waals surface area contributed by atoms with Crippen molar-refractivity contribution in [1.29, 1.82) is 0 Å². The third-order valence-corrected chi connectivity index (χ3v) is 9.06. The molecule has 0 aromatic heterocycles. The minimum atomic E-state index is -1.55. The number of nitrogens with one attached hydrogen (secondary N) is 1. The molecule has 1 saturated heterocycles. The van der Waals surface area contributed by atoms with E-state index in [1.165, 1.54) is 64.2 Å². The average molecular weight is 670 g/mol. The van der Waals surface area contributed by atoms with Crippen LogP contribution in [-0.2, 0) is 14.3 Å². The zero-order valence-corrected chi connectivity index (χ0v) is 29.8. The lowest BCUT2D eigenvalue weighted by Crippen LogP contribution is -2.60. The van der Waals surface area contributed by atoms with Crippen LogP contribution in [0.3, 0.4) is 0 Å². The van der Waals surface area contributed by atoms with Crippen LogP contribution in [0.2, 0.25) is 0 Å². The third kappa shape index (κ3) is 21.4. The molecule has 6 N–H and O–H groups in total. The second kappa shape index (κ2) is 29.6. The number of allylic oxidation sites excluding steroid dienone is 4. The molecule has 7 unspecified atom stereocenters. The third-order valence-electron chi connectivity index (χ3n) is 9.06. The predicted molar refractivity (Wildman–Crippen MR) is 189 cm³/mol. The molecule has 0 spiro atoms. The highest BCUT2D eigenvalue weighted by Gasteiger charge is 2.44. The van der Waals surface area contributed by atoms with Gasteiger partial charge in [-0.2, -0.15) is 0 Å². The van der Waals surface area contributed by atoms with Gasteiger partial charge in [0.25, 0.3) is 0 Å². The summed E-state index contributed by atoms with van der Waals surface area (Å²) < 4.78 is 11.2. The van der Waals surface area contributed by atoms with E-state index in [1.54, 1.807) is 0 Å². The first-order valence-electron chi connectivity index (χ1n) is 19.0. The Labute approximate surface area is 286 Å². The molecule has 1 aliphatic rings. The van der Waals surface area contributed by atoms with Crippen LogP contribution in [0.5, 0.6) is 0 Å². The van der Waals surface area contributed by atoms with Gasteiger partial charge in [0.15, 0.2) is 6.29 Å². The summed E-state index contributed by atoms with van der Waals surface area (Å²) in [6, 6.07) is -0.720. The number of hydrogen-bond acceptors (Lipinski definition) is 8. The Kier molecular flexibility index (Phi) is 27.5. The first-order valence-corrected chi connectivity index (χ1v) is 19.0. The molecule has 0 aromatic rings. The number of hydrogen-bond donors (Lipinski definition) is 6. The van der Waals surface area contributed by atoms with Crippen molar-refractivity contribution in [2.75, 3.05) is 13.2 Å². The molecule has 276 valence electrons. The van der Waals surface area contributed by atoms with Gasteiger partial charge < -0.3 is 40.3 Å². The molecular weight excluding hydrogens is 598 g/mol. The highest BCUT2D eigenvalue weighted by Crippen LogP contribution is 2.23. The summed E-state index contributed by atoms with van der Waals surface area (Å²) in [5, 5.41) is 53.9. The maximum Gasteiger partial charge on any atom is 0.220 e. The van der Waals surface area contributed by atoms with Gasteiger partial charge in [0.05, 0.1) is 25.4 Å². The van der Waals surface area contributed by atoms with Crippen LogP contribution in [0, 0.1) is 0 Å². The number of carbonyl (C=O) groups is 1. The molecule has 9 nitrogen and oxygen atoms in total. The Morgan fingerprint density at radius 3 is 1.87 bits per heavy atom. The Morgan fingerprint density at radius 2 is 1.26 bits per heavy atom. The van der Waals surface area contributed by atoms with Gasteiger partial charge in [-0.25, -0.2) is 0 Å². The van der Waals surface area contributed by atoms with Crippen LogP contribution in [0.25, 0.3) is 0 Å². The van der Waals surface area contributed by atoms with E-state index in [1.807, 2.05) is 0 Å². The number of rotatable bonds is 30. The Morgan fingerprint density at radius 1 is 0.723 bits per heavy atom. The van der Waals surface area contributed by atoms with Crippen molar-refractivity contribution in [3.63, 3.8) is 0 Å². The SMILES string of the molecule is CCCCC/C=C\C/C=C\CCCCCCCC(=O)NC(COC1OC(CO)C(O)C(O)C1O)C(O)CCCCCCCCCCC. The maximum atomic E-state index is 12.8. The minimum Gasteiger partial charge on any atom is -0.394 e. The van der Waals surface area contributed by atoms with Gasteiger partial charge in [0.1, 0.15) is 24.4 Å². The molecule has 47 heavy (non-hydrogen) atoms. The highest BCUT2D eigenvalue weighted by molar-refractivity contribution is 5.76. The molecule has 1 fully saturated rings. The van der Waals surface area contributed by atoms with Crippen molar-refractivity contribution in [3.8, 4) is 0 Å². The van der Waals surface area contributed by atoms with Crippen molar-refractivity contribution >= 4 is 5.91 Å². The molecule has 1 amide bonds. The first-order chi connectivity index (χ1) is 22.8. The minimum absolute atomic E-state index is 0.144. The average Bonchev–Trinajstić information content (AvgIpc) is 3.07. The molecule has 1 rings (SSSR count). The zero-order valence-electron chi connectivity index (χ0n) is 29.8. The number of unbranched alkanes of at least 4 members (excludes halogenated alkanes) is 16. The monoisotopic (exact) mass is 670 g/mol. The smallest absolute Gasteiger partial charge is 0.220 e. The van der Waals surface area contributed by atoms with Gasteiger partial charge in [-0.05, 0) is 44.9 Å². The second-order valence-electron chi connectivity index (χ2n) is 13.4. The van der Waals surface area contributed by atoms with Crippen molar-refractivity contribution in [2.24, 2.45) is 0 Å². The van der Waals surface area contributed by atoms with Crippen LogP contribution < -0.4 is 5.32 Å². The lowest BCUT2D eigenvalue weighted by atomic mass is 9.99. The van der Waals surface area contributed by atoms with E-state index in [2.05, 4.69) is 43.5 Å². The largest absolute Gasteiger partial charge is 0.394 e. The Balaban J connectivity index is 2.42. The molecule has 0 bridgehead atoms. The van der Waals surface area contributed by atoms with E-state index in [0.29, 0.717) is 12.8 Å². The molecular formula is C38H71NO8. The van der Waals surface area contributed by atoms with Gasteiger partial charge >= 0.3 is 0 Å². The van der Waals surface area contributed by atoms with E-state index in [4.69, 9.17) is 9.47 Å². The van der Waals surface area contributed by atoms with E-state index in [0.717, 1.165) is 64.2 Å². The molecule has 0 radical (unpaired) electrons. The zero-order chi connectivity index (χ0) is 34.5. The topological polar surface area (TPSA) is 149 Å². The van der Waals surface area contributed by atoms with Gasteiger partial charge in [0, 0.05) is 6.42 Å². The normalized spacial score (nSPS) is 23.1. The first kappa shape index (κ1) is 43.7. The van der Waals surface area contributed by atoms with Gasteiger partial charge in [-0.15, -0.1) is 0 Å². The van der Waals surface area contributed by atoms with Crippen LogP contribution >= 0.6 is 0 Å². The summed E-state index contributed by atoms with van der Waals surface area (Å²) in [7, 11) is 0. The van der Waals surface area contributed by atoms with Crippen LogP contribution in [-0.4, -0.2) is 87.5 Å². The Hall–Kier alpha value is -1.33. The molecule has 1 aliphatic heterocycles. The summed E-state index contributed by atoms with van der Waals surface area (Å²) >= 11 is 0. The fourth-order valence-corrected chi connectivity index (χ4v) is 5.89. The molecule has 1 heterocycles. The van der Waals surface area contributed by atoms with E-state index in [9.17, 15) is 30.3 Å². The molecule has 9 heteroatoms. The van der Waals surface area contributed by atoms with E-state index < -0.39 is 49.5 Å². The van der Waals surface area contributed by atoms with Gasteiger partial charge in [0.2, 0.25) is 5.91 Å². The van der Waals surface area contributed by atoms with Crippen molar-refractivity contribution in [3.05, 3.63) is 24.3 Å². The summed E-state index contributed by atoms with van der Waals surface area (Å²) in [5.41, 5.74) is 0. The summed E-state index contributed by atoms with van der Waals surface area (Å²) in [4.78, 5) is 12.8.